The number of hydrogen-bond acceptors (Lipinski definition) is 4. The average molecular weight is 228 g/mol. The van der Waals surface area contributed by atoms with Crippen molar-refractivity contribution < 1.29 is 9.53 Å². The number of unbranched alkanes of at least 4 members (excludes halogenated alkanes) is 1. The molecule has 0 saturated heterocycles. The summed E-state index contributed by atoms with van der Waals surface area (Å²) in [7, 11) is 0. The van der Waals surface area contributed by atoms with Crippen molar-refractivity contribution in [1.29, 1.82) is 0 Å². The fourth-order valence-corrected chi connectivity index (χ4v) is 1.53. The molecule has 0 atom stereocenters. The van der Waals surface area contributed by atoms with Gasteiger partial charge in [0.1, 0.15) is 5.69 Å². The minimum atomic E-state index is -0.129. The first-order valence-electron chi connectivity index (χ1n) is 5.08. The number of rotatable bonds is 7. The van der Waals surface area contributed by atoms with Gasteiger partial charge < -0.3 is 10.1 Å². The molecule has 1 N–H and O–H groups in total. The Balaban J connectivity index is 2.03. The van der Waals surface area contributed by atoms with Crippen LogP contribution in [0.4, 0.5) is 0 Å². The lowest BCUT2D eigenvalue weighted by Gasteiger charge is -2.04. The van der Waals surface area contributed by atoms with Gasteiger partial charge in [0.15, 0.2) is 0 Å². The van der Waals surface area contributed by atoms with Crippen LogP contribution in [-0.4, -0.2) is 30.6 Å². The number of aromatic nitrogens is 1. The molecule has 84 valence electrons. The van der Waals surface area contributed by atoms with E-state index in [-0.39, 0.29) is 5.91 Å². The van der Waals surface area contributed by atoms with Crippen LogP contribution >= 0.6 is 11.3 Å². The van der Waals surface area contributed by atoms with Crippen molar-refractivity contribution in [1.82, 2.24) is 10.3 Å². The molecule has 1 rings (SSSR count). The van der Waals surface area contributed by atoms with Gasteiger partial charge in [0, 0.05) is 18.5 Å². The second kappa shape index (κ2) is 7.36. The zero-order chi connectivity index (χ0) is 10.9. The molecular formula is C10H16N2O2S. The van der Waals surface area contributed by atoms with Gasteiger partial charge in [-0.3, -0.25) is 4.79 Å². The Hall–Kier alpha value is -0.940. The zero-order valence-corrected chi connectivity index (χ0v) is 9.68. The van der Waals surface area contributed by atoms with Crippen LogP contribution in [0.3, 0.4) is 0 Å². The second-order valence-electron chi connectivity index (χ2n) is 3.10. The van der Waals surface area contributed by atoms with E-state index in [1.54, 1.807) is 10.9 Å². The van der Waals surface area contributed by atoms with E-state index in [0.717, 1.165) is 19.4 Å². The summed E-state index contributed by atoms with van der Waals surface area (Å²) in [5, 5.41) is 4.47. The van der Waals surface area contributed by atoms with E-state index in [2.05, 4.69) is 17.2 Å². The minimum Gasteiger partial charge on any atom is -0.380 e. The molecule has 0 saturated carbocycles. The molecule has 0 aliphatic heterocycles. The molecule has 1 aromatic heterocycles. The van der Waals surface area contributed by atoms with Gasteiger partial charge in [0.05, 0.1) is 12.1 Å². The summed E-state index contributed by atoms with van der Waals surface area (Å²) in [4.78, 5) is 15.3. The molecule has 0 aliphatic rings. The number of hydrogen-bond donors (Lipinski definition) is 1. The summed E-state index contributed by atoms with van der Waals surface area (Å²) >= 11 is 1.42. The highest BCUT2D eigenvalue weighted by atomic mass is 32.1. The molecule has 0 bridgehead atoms. The molecule has 0 spiro atoms. The number of carbonyl (C=O) groups excluding carboxylic acids is 1. The summed E-state index contributed by atoms with van der Waals surface area (Å²) in [6.07, 6.45) is 2.20. The Morgan fingerprint density at radius 2 is 2.47 bits per heavy atom. The minimum absolute atomic E-state index is 0.129. The maximum Gasteiger partial charge on any atom is 0.270 e. The third-order valence-electron chi connectivity index (χ3n) is 1.84. The van der Waals surface area contributed by atoms with E-state index in [1.807, 2.05) is 0 Å². The van der Waals surface area contributed by atoms with Crippen molar-refractivity contribution in [2.24, 2.45) is 0 Å². The molecule has 1 heterocycles. The monoisotopic (exact) mass is 228 g/mol. The molecule has 0 radical (unpaired) electrons. The van der Waals surface area contributed by atoms with Crippen molar-refractivity contribution in [3.05, 3.63) is 16.6 Å². The van der Waals surface area contributed by atoms with E-state index in [0.29, 0.717) is 18.8 Å². The van der Waals surface area contributed by atoms with Crippen molar-refractivity contribution in [2.75, 3.05) is 19.8 Å². The Morgan fingerprint density at radius 3 is 3.13 bits per heavy atom. The number of amides is 1. The lowest BCUT2D eigenvalue weighted by atomic mass is 10.4. The Labute approximate surface area is 93.7 Å². The number of thiazole rings is 1. The predicted octanol–water partition coefficient (Wildman–Crippen LogP) is 1.69. The topological polar surface area (TPSA) is 51.2 Å². The SMILES string of the molecule is CCCCOCCNC(=O)c1cscn1. The lowest BCUT2D eigenvalue weighted by Crippen LogP contribution is -2.27. The summed E-state index contributed by atoms with van der Waals surface area (Å²) in [5.74, 6) is -0.129. The molecule has 0 aromatic carbocycles. The fraction of sp³-hybridized carbons (Fsp3) is 0.600. The molecule has 15 heavy (non-hydrogen) atoms. The predicted molar refractivity (Wildman–Crippen MR) is 60.2 cm³/mol. The van der Waals surface area contributed by atoms with Gasteiger partial charge in [-0.15, -0.1) is 11.3 Å². The van der Waals surface area contributed by atoms with Crippen LogP contribution in [0.25, 0.3) is 0 Å². The molecule has 4 nitrogen and oxygen atoms in total. The Morgan fingerprint density at radius 1 is 1.60 bits per heavy atom. The summed E-state index contributed by atoms with van der Waals surface area (Å²) in [6.45, 7) is 3.99. The van der Waals surface area contributed by atoms with Crippen molar-refractivity contribution in [3.8, 4) is 0 Å². The molecule has 0 fully saturated rings. The molecule has 0 unspecified atom stereocenters. The Kier molecular flexibility index (Phi) is 5.96. The fourth-order valence-electron chi connectivity index (χ4n) is 1.00. The average Bonchev–Trinajstić information content (AvgIpc) is 2.76. The van der Waals surface area contributed by atoms with E-state index >= 15 is 0 Å². The van der Waals surface area contributed by atoms with E-state index in [9.17, 15) is 4.79 Å². The van der Waals surface area contributed by atoms with Crippen molar-refractivity contribution in [2.45, 2.75) is 19.8 Å². The summed E-state index contributed by atoms with van der Waals surface area (Å²) in [5.41, 5.74) is 2.13. The smallest absolute Gasteiger partial charge is 0.270 e. The van der Waals surface area contributed by atoms with Crippen molar-refractivity contribution in [3.63, 3.8) is 0 Å². The molecular weight excluding hydrogens is 212 g/mol. The van der Waals surface area contributed by atoms with Crippen LogP contribution < -0.4 is 5.32 Å². The van der Waals surface area contributed by atoms with Crippen LogP contribution in [-0.2, 0) is 4.74 Å². The van der Waals surface area contributed by atoms with Crippen molar-refractivity contribution >= 4 is 17.2 Å². The quantitative estimate of drug-likeness (QED) is 0.722. The standard InChI is InChI=1S/C10H16N2O2S/c1-2-3-5-14-6-4-11-10(13)9-7-15-8-12-9/h7-8H,2-6H2,1H3,(H,11,13). The lowest BCUT2D eigenvalue weighted by molar-refractivity contribution is 0.0909. The number of nitrogens with zero attached hydrogens (tertiary/aromatic N) is 1. The number of ether oxygens (including phenoxy) is 1. The largest absolute Gasteiger partial charge is 0.380 e. The number of carbonyl (C=O) groups is 1. The van der Waals surface area contributed by atoms with Gasteiger partial charge >= 0.3 is 0 Å². The van der Waals surface area contributed by atoms with Gasteiger partial charge in [0.2, 0.25) is 0 Å². The molecule has 5 heteroatoms. The maximum atomic E-state index is 11.4. The first kappa shape index (κ1) is 12.1. The van der Waals surface area contributed by atoms with Gasteiger partial charge in [-0.2, -0.15) is 0 Å². The molecule has 0 aliphatic carbocycles. The van der Waals surface area contributed by atoms with E-state index in [4.69, 9.17) is 4.74 Å². The number of nitrogens with one attached hydrogen (secondary N) is 1. The van der Waals surface area contributed by atoms with Crippen LogP contribution in [0.1, 0.15) is 30.3 Å². The Bertz CT molecular complexity index is 275. The zero-order valence-electron chi connectivity index (χ0n) is 8.86. The third kappa shape index (κ3) is 4.90. The van der Waals surface area contributed by atoms with Crippen LogP contribution in [0.5, 0.6) is 0 Å². The highest BCUT2D eigenvalue weighted by Crippen LogP contribution is 1.99. The molecule has 1 aromatic rings. The van der Waals surface area contributed by atoms with Gasteiger partial charge in [0.25, 0.3) is 5.91 Å². The van der Waals surface area contributed by atoms with Gasteiger partial charge in [-0.05, 0) is 6.42 Å². The first-order chi connectivity index (χ1) is 7.34. The van der Waals surface area contributed by atoms with Crippen LogP contribution in [0.2, 0.25) is 0 Å². The highest BCUT2D eigenvalue weighted by Gasteiger charge is 2.05. The van der Waals surface area contributed by atoms with Gasteiger partial charge in [-0.1, -0.05) is 13.3 Å². The van der Waals surface area contributed by atoms with Crippen LogP contribution in [0.15, 0.2) is 10.9 Å². The first-order valence-corrected chi connectivity index (χ1v) is 6.03. The highest BCUT2D eigenvalue weighted by molar-refractivity contribution is 7.07. The summed E-state index contributed by atoms with van der Waals surface area (Å²) < 4.78 is 5.31. The molecule has 1 amide bonds. The second-order valence-corrected chi connectivity index (χ2v) is 3.81. The normalized spacial score (nSPS) is 10.2. The summed E-state index contributed by atoms with van der Waals surface area (Å²) in [6, 6.07) is 0. The van der Waals surface area contributed by atoms with E-state index in [1.165, 1.54) is 11.3 Å². The van der Waals surface area contributed by atoms with Gasteiger partial charge in [-0.25, -0.2) is 4.98 Å². The maximum absolute atomic E-state index is 11.4. The van der Waals surface area contributed by atoms with Crippen LogP contribution in [0, 0.1) is 0 Å². The third-order valence-corrected chi connectivity index (χ3v) is 2.43. The van der Waals surface area contributed by atoms with E-state index < -0.39 is 0 Å².